The van der Waals surface area contributed by atoms with E-state index in [1.165, 1.54) is 5.56 Å². The third kappa shape index (κ3) is 7.76. The maximum absolute atomic E-state index is 13.3. The van der Waals surface area contributed by atoms with Crippen LogP contribution in [0.25, 0.3) is 0 Å². The number of alkyl halides is 3. The van der Waals surface area contributed by atoms with Crippen LogP contribution in [0.1, 0.15) is 79.2 Å². The lowest BCUT2D eigenvalue weighted by molar-refractivity contribution is -0.147. The largest absolute Gasteiger partial charge is 0.453 e. The minimum Gasteiger partial charge on any atom is -0.359 e. The monoisotopic (exact) mass is 632 g/mol. The van der Waals surface area contributed by atoms with Crippen molar-refractivity contribution in [3.63, 3.8) is 0 Å². The highest BCUT2D eigenvalue weighted by atomic mass is 19.4. The average molecular weight is 633 g/mol. The summed E-state index contributed by atoms with van der Waals surface area (Å²) in [6, 6.07) is 12.4. The Balaban J connectivity index is 0.969. The van der Waals surface area contributed by atoms with Crippen molar-refractivity contribution in [1.29, 1.82) is 0 Å². The second-order valence-corrected chi connectivity index (χ2v) is 12.1. The van der Waals surface area contributed by atoms with Crippen molar-refractivity contribution in [2.45, 2.75) is 63.5 Å². The van der Waals surface area contributed by atoms with E-state index in [2.05, 4.69) is 71.1 Å². The Morgan fingerprint density at radius 1 is 0.826 bits per heavy atom. The van der Waals surface area contributed by atoms with Crippen molar-refractivity contribution in [2.75, 3.05) is 50.7 Å². The molecule has 9 nitrogen and oxygen atoms in total. The van der Waals surface area contributed by atoms with Gasteiger partial charge in [-0.15, -0.1) is 10.2 Å². The molecule has 0 bridgehead atoms. The van der Waals surface area contributed by atoms with E-state index in [9.17, 15) is 18.0 Å². The van der Waals surface area contributed by atoms with Gasteiger partial charge in [0, 0.05) is 75.9 Å². The summed E-state index contributed by atoms with van der Waals surface area (Å²) in [4.78, 5) is 22.0. The lowest BCUT2D eigenvalue weighted by Crippen LogP contribution is -2.46. The third-order valence-corrected chi connectivity index (χ3v) is 9.08. The molecule has 2 fully saturated rings. The Morgan fingerprint density at radius 2 is 1.57 bits per heavy atom. The molecule has 0 spiro atoms. The van der Waals surface area contributed by atoms with Gasteiger partial charge in [-0.3, -0.25) is 4.90 Å². The molecule has 0 aliphatic carbocycles. The number of aldehydes is 1. The number of likely N-dealkylation sites (tertiary alicyclic amines) is 1. The first-order chi connectivity index (χ1) is 22.4. The SMILES string of the molecule is O=CCCCCCN1CCN(c2ccc(C#Cc3ccc(C4CCN(C5=Nn6c(nnc6C(F)(F)F)CC5)CC4)cc3)cn2)CC1. The molecule has 3 aromatic rings. The number of hydrogen-bond donors (Lipinski definition) is 0. The molecule has 1 aromatic carbocycles. The number of nitrogens with zero attached hydrogens (tertiary/aromatic N) is 8. The minimum atomic E-state index is -4.58. The van der Waals surface area contributed by atoms with Gasteiger partial charge in [-0.05, 0) is 68.0 Å². The number of anilines is 1. The third-order valence-electron chi connectivity index (χ3n) is 9.08. The number of amidine groups is 1. The number of aromatic nitrogens is 4. The van der Waals surface area contributed by atoms with E-state index in [0.717, 1.165) is 106 Å². The van der Waals surface area contributed by atoms with Crippen molar-refractivity contribution in [3.8, 4) is 11.8 Å². The number of halogens is 3. The van der Waals surface area contributed by atoms with E-state index in [4.69, 9.17) is 0 Å². The fourth-order valence-corrected chi connectivity index (χ4v) is 6.40. The number of unbranched alkanes of at least 4 members (excludes halogenated alkanes) is 3. The molecule has 6 rings (SSSR count). The van der Waals surface area contributed by atoms with Crippen molar-refractivity contribution in [3.05, 3.63) is 70.9 Å². The Bertz CT molecular complexity index is 1560. The number of piperidine rings is 1. The molecule has 12 heteroatoms. The van der Waals surface area contributed by atoms with Gasteiger partial charge in [0.1, 0.15) is 17.9 Å². The molecule has 2 aromatic heterocycles. The summed E-state index contributed by atoms with van der Waals surface area (Å²) in [7, 11) is 0. The second kappa shape index (κ2) is 14.5. The average Bonchev–Trinajstić information content (AvgIpc) is 3.53. The minimum absolute atomic E-state index is 0.253. The number of carbonyl (C=O) groups excluding carboxylic acids is 1. The van der Waals surface area contributed by atoms with Crippen LogP contribution in [0.3, 0.4) is 0 Å². The summed E-state index contributed by atoms with van der Waals surface area (Å²) < 4.78 is 40.7. The van der Waals surface area contributed by atoms with E-state index >= 15 is 0 Å². The molecule has 0 radical (unpaired) electrons. The highest BCUT2D eigenvalue weighted by molar-refractivity contribution is 5.83. The van der Waals surface area contributed by atoms with Crippen LogP contribution in [0.4, 0.5) is 19.0 Å². The quantitative estimate of drug-likeness (QED) is 0.197. The van der Waals surface area contributed by atoms with Crippen molar-refractivity contribution in [1.82, 2.24) is 29.7 Å². The Kier molecular flexibility index (Phi) is 9.97. The highest BCUT2D eigenvalue weighted by Gasteiger charge is 2.40. The van der Waals surface area contributed by atoms with Gasteiger partial charge in [-0.1, -0.05) is 30.4 Å². The Labute approximate surface area is 267 Å². The Hall–Kier alpha value is -4.24. The molecule has 0 unspecified atom stereocenters. The summed E-state index contributed by atoms with van der Waals surface area (Å²) in [5, 5.41) is 11.3. The molecule has 0 amide bonds. The van der Waals surface area contributed by atoms with Crippen molar-refractivity contribution in [2.24, 2.45) is 5.10 Å². The lowest BCUT2D eigenvalue weighted by atomic mass is 9.89. The van der Waals surface area contributed by atoms with Crippen molar-refractivity contribution < 1.29 is 18.0 Å². The molecule has 5 heterocycles. The topological polar surface area (TPSA) is 82.8 Å². The summed E-state index contributed by atoms with van der Waals surface area (Å²) in [5.74, 6) is 7.71. The van der Waals surface area contributed by atoms with Crippen LogP contribution in [-0.4, -0.2) is 87.6 Å². The predicted octanol–water partition coefficient (Wildman–Crippen LogP) is 4.96. The molecule has 0 atom stereocenters. The van der Waals surface area contributed by atoms with Crippen LogP contribution in [0.15, 0.2) is 47.7 Å². The van der Waals surface area contributed by atoms with E-state index in [1.54, 1.807) is 0 Å². The maximum Gasteiger partial charge on any atom is 0.453 e. The zero-order valence-corrected chi connectivity index (χ0v) is 25.9. The standard InChI is InChI=1S/C34H39F3N8O/c35-34(36,37)33-40-39-31-13-14-32(41-45(31)33)43-18-15-29(16-19-43)28-10-7-26(8-11-28)5-6-27-9-12-30(38-25-27)44-22-20-42(21-23-44)17-3-1-2-4-24-46/h7-12,24-25,29H,1-4,13-23H2. The number of rotatable bonds is 8. The number of fused-ring (bicyclic) bond motifs is 1. The smallest absolute Gasteiger partial charge is 0.359 e. The molecule has 0 N–H and O–H groups in total. The molecule has 0 saturated carbocycles. The second-order valence-electron chi connectivity index (χ2n) is 12.1. The molecular weight excluding hydrogens is 593 g/mol. The van der Waals surface area contributed by atoms with Gasteiger partial charge >= 0.3 is 6.18 Å². The van der Waals surface area contributed by atoms with E-state index in [1.807, 2.05) is 18.3 Å². The first kappa shape index (κ1) is 31.7. The van der Waals surface area contributed by atoms with Gasteiger partial charge in [0.15, 0.2) is 5.82 Å². The van der Waals surface area contributed by atoms with Gasteiger partial charge in [0.25, 0.3) is 5.82 Å². The molecular formula is C34H39F3N8O. The van der Waals surface area contributed by atoms with Gasteiger partial charge in [0.05, 0.1) is 0 Å². The van der Waals surface area contributed by atoms with Crippen LogP contribution >= 0.6 is 0 Å². The number of pyridine rings is 1. The predicted molar refractivity (Wildman–Crippen MR) is 170 cm³/mol. The van der Waals surface area contributed by atoms with Crippen molar-refractivity contribution >= 4 is 17.9 Å². The number of piperazine rings is 1. The van der Waals surface area contributed by atoms with Crippen LogP contribution < -0.4 is 4.90 Å². The molecule has 2 saturated heterocycles. The van der Waals surface area contributed by atoms with Crippen LogP contribution in [0.5, 0.6) is 0 Å². The van der Waals surface area contributed by atoms with E-state index in [-0.39, 0.29) is 5.82 Å². The fourth-order valence-electron chi connectivity index (χ4n) is 6.40. The van der Waals surface area contributed by atoms with Gasteiger partial charge in [-0.25, -0.2) is 4.98 Å². The van der Waals surface area contributed by atoms with Gasteiger partial charge in [0.2, 0.25) is 0 Å². The number of aryl methyl sites for hydroxylation is 1. The molecule has 3 aliphatic rings. The van der Waals surface area contributed by atoms with E-state index in [0.29, 0.717) is 31.0 Å². The zero-order valence-electron chi connectivity index (χ0n) is 25.9. The summed E-state index contributed by atoms with van der Waals surface area (Å²) in [6.45, 7) is 6.54. The maximum atomic E-state index is 13.3. The number of carbonyl (C=O) groups is 1. The van der Waals surface area contributed by atoms with Gasteiger partial charge < -0.3 is 14.6 Å². The first-order valence-electron chi connectivity index (χ1n) is 16.2. The van der Waals surface area contributed by atoms with Crippen LogP contribution in [-0.2, 0) is 17.4 Å². The normalized spacial score (nSPS) is 17.7. The van der Waals surface area contributed by atoms with E-state index < -0.39 is 12.0 Å². The van der Waals surface area contributed by atoms with Gasteiger partial charge in [-0.2, -0.15) is 22.9 Å². The molecule has 46 heavy (non-hydrogen) atoms. The number of hydrogen-bond acceptors (Lipinski definition) is 8. The molecule has 3 aliphatic heterocycles. The fraction of sp³-hybridized carbons (Fsp3) is 0.500. The number of benzene rings is 1. The summed E-state index contributed by atoms with van der Waals surface area (Å²) in [5.41, 5.74) is 3.07. The van der Waals surface area contributed by atoms with Crippen LogP contribution in [0.2, 0.25) is 0 Å². The highest BCUT2D eigenvalue weighted by Crippen LogP contribution is 2.32. The summed E-state index contributed by atoms with van der Waals surface area (Å²) >= 11 is 0. The zero-order chi connectivity index (χ0) is 31.9. The Morgan fingerprint density at radius 3 is 2.26 bits per heavy atom. The molecule has 242 valence electrons. The van der Waals surface area contributed by atoms with Crippen LogP contribution in [0, 0.1) is 11.8 Å². The first-order valence-corrected chi connectivity index (χ1v) is 16.2. The lowest BCUT2D eigenvalue weighted by Gasteiger charge is -2.35. The summed E-state index contributed by atoms with van der Waals surface area (Å²) in [6.07, 6.45) is 4.94.